The van der Waals surface area contributed by atoms with E-state index in [9.17, 15) is 9.59 Å². The first kappa shape index (κ1) is 13.9. The van der Waals surface area contributed by atoms with E-state index in [0.29, 0.717) is 12.8 Å². The summed E-state index contributed by atoms with van der Waals surface area (Å²) in [4.78, 5) is 24.2. The Morgan fingerprint density at radius 1 is 1.07 bits per heavy atom. The number of hydrogen-bond donors (Lipinski definition) is 2. The molecule has 5 nitrogen and oxygen atoms in total. The summed E-state index contributed by atoms with van der Waals surface area (Å²) >= 11 is 0. The molecule has 0 unspecified atom stereocenters. The minimum Gasteiger partial charge on any atom is -0.339 e. The van der Waals surface area contributed by atoms with Crippen LogP contribution in [0.3, 0.4) is 0 Å². The van der Waals surface area contributed by atoms with E-state index in [1.54, 1.807) is 0 Å². The Bertz CT molecular complexity index is 205. The van der Waals surface area contributed by atoms with Crippen LogP contribution in [0, 0.1) is 0 Å². The lowest BCUT2D eigenvalue weighted by atomic mass is 10.3. The molecule has 0 saturated carbocycles. The van der Waals surface area contributed by atoms with Crippen molar-refractivity contribution in [2.45, 2.75) is 26.2 Å². The van der Waals surface area contributed by atoms with Crippen molar-refractivity contribution in [3.63, 3.8) is 0 Å². The molecule has 0 bridgehead atoms. The van der Waals surface area contributed by atoms with Crippen molar-refractivity contribution in [1.29, 1.82) is 0 Å². The van der Waals surface area contributed by atoms with Crippen LogP contribution in [0.5, 0.6) is 0 Å². The zero-order valence-corrected chi connectivity index (χ0v) is 9.80. The van der Waals surface area contributed by atoms with Crippen molar-refractivity contribution in [2.24, 2.45) is 0 Å². The van der Waals surface area contributed by atoms with E-state index in [0.717, 1.165) is 13.0 Å². The summed E-state index contributed by atoms with van der Waals surface area (Å²) in [7, 11) is 3.83. The van der Waals surface area contributed by atoms with Crippen LogP contribution in [0.25, 0.3) is 0 Å². The Morgan fingerprint density at radius 3 is 2.07 bits per heavy atom. The molecule has 0 aromatic heterocycles. The van der Waals surface area contributed by atoms with Gasteiger partial charge in [-0.2, -0.15) is 0 Å². The molecular formula is C10H21N3O2. The van der Waals surface area contributed by atoms with Gasteiger partial charge >= 0.3 is 0 Å². The fraction of sp³-hybridized carbons (Fsp3) is 0.800. The standard InChI is InChI=1S/C10H21N3O2/c1-4-5-9(14)11-8-12-10(15)6-7-13(2)3/h4-8H2,1-3H3,(H,11,14)(H,12,15). The first-order valence-electron chi connectivity index (χ1n) is 5.24. The molecule has 88 valence electrons. The van der Waals surface area contributed by atoms with Gasteiger partial charge in [0, 0.05) is 19.4 Å². The van der Waals surface area contributed by atoms with Gasteiger partial charge in [-0.15, -0.1) is 0 Å². The monoisotopic (exact) mass is 215 g/mol. The highest BCUT2D eigenvalue weighted by molar-refractivity contribution is 5.78. The van der Waals surface area contributed by atoms with Gasteiger partial charge in [-0.25, -0.2) is 0 Å². The van der Waals surface area contributed by atoms with Crippen LogP contribution in [0.1, 0.15) is 26.2 Å². The molecule has 2 N–H and O–H groups in total. The Balaban J connectivity index is 3.42. The summed E-state index contributed by atoms with van der Waals surface area (Å²) in [5, 5.41) is 5.25. The van der Waals surface area contributed by atoms with Crippen LogP contribution in [-0.2, 0) is 9.59 Å². The lowest BCUT2D eigenvalue weighted by Gasteiger charge is -2.10. The molecule has 0 aromatic rings. The zero-order valence-electron chi connectivity index (χ0n) is 9.80. The Kier molecular flexibility index (Phi) is 7.62. The number of nitrogens with one attached hydrogen (secondary N) is 2. The summed E-state index contributed by atoms with van der Waals surface area (Å²) in [6.45, 7) is 2.88. The van der Waals surface area contributed by atoms with Crippen LogP contribution in [0.15, 0.2) is 0 Å². The molecule has 0 aromatic carbocycles. The van der Waals surface area contributed by atoms with Crippen molar-refractivity contribution < 1.29 is 9.59 Å². The third-order valence-electron chi connectivity index (χ3n) is 1.83. The molecule has 0 aliphatic heterocycles. The topological polar surface area (TPSA) is 61.4 Å². The van der Waals surface area contributed by atoms with Crippen molar-refractivity contribution in [3.8, 4) is 0 Å². The summed E-state index contributed by atoms with van der Waals surface area (Å²) in [5.74, 6) is -0.0640. The second-order valence-electron chi connectivity index (χ2n) is 3.68. The first-order chi connectivity index (χ1) is 7.06. The van der Waals surface area contributed by atoms with Gasteiger partial charge in [-0.3, -0.25) is 9.59 Å². The molecule has 0 radical (unpaired) electrons. The highest BCUT2D eigenvalue weighted by atomic mass is 16.2. The second kappa shape index (κ2) is 8.23. The van der Waals surface area contributed by atoms with Gasteiger partial charge < -0.3 is 15.5 Å². The molecule has 2 amide bonds. The number of nitrogens with zero attached hydrogens (tertiary/aromatic N) is 1. The number of carbonyl (C=O) groups excluding carboxylic acids is 2. The summed E-state index contributed by atoms with van der Waals surface area (Å²) in [6.07, 6.45) is 1.78. The molecule has 0 saturated heterocycles. The number of rotatable bonds is 7. The predicted octanol–water partition coefficient (Wildman–Crippen LogP) is -0.0719. The Labute approximate surface area is 91.2 Å². The van der Waals surface area contributed by atoms with E-state index in [2.05, 4.69) is 10.6 Å². The third kappa shape index (κ3) is 9.21. The maximum Gasteiger partial charge on any atom is 0.222 e. The van der Waals surface area contributed by atoms with Crippen molar-refractivity contribution in [2.75, 3.05) is 27.3 Å². The fourth-order valence-electron chi connectivity index (χ4n) is 0.970. The van der Waals surface area contributed by atoms with E-state index < -0.39 is 0 Å². The van der Waals surface area contributed by atoms with Gasteiger partial charge in [0.05, 0.1) is 6.67 Å². The highest BCUT2D eigenvalue weighted by Gasteiger charge is 2.02. The normalized spacial score (nSPS) is 10.1. The zero-order chi connectivity index (χ0) is 11.7. The maximum absolute atomic E-state index is 11.2. The molecule has 0 spiro atoms. The van der Waals surface area contributed by atoms with Crippen molar-refractivity contribution >= 4 is 11.8 Å². The summed E-state index contributed by atoms with van der Waals surface area (Å²) in [6, 6.07) is 0. The number of carbonyl (C=O) groups is 2. The van der Waals surface area contributed by atoms with Gasteiger partial charge in [0.2, 0.25) is 11.8 Å². The van der Waals surface area contributed by atoms with Crippen LogP contribution in [0.2, 0.25) is 0 Å². The molecule has 0 heterocycles. The van der Waals surface area contributed by atoms with E-state index >= 15 is 0 Å². The van der Waals surface area contributed by atoms with E-state index in [1.807, 2.05) is 25.9 Å². The lowest BCUT2D eigenvalue weighted by molar-refractivity contribution is -0.123. The predicted molar refractivity (Wildman–Crippen MR) is 59.2 cm³/mol. The minimum atomic E-state index is -0.0412. The second-order valence-corrected chi connectivity index (χ2v) is 3.68. The molecule has 0 rings (SSSR count). The molecular weight excluding hydrogens is 194 g/mol. The average molecular weight is 215 g/mol. The number of amides is 2. The van der Waals surface area contributed by atoms with Gasteiger partial charge in [0.15, 0.2) is 0 Å². The molecule has 0 fully saturated rings. The smallest absolute Gasteiger partial charge is 0.222 e. The third-order valence-corrected chi connectivity index (χ3v) is 1.83. The van der Waals surface area contributed by atoms with Crippen molar-refractivity contribution in [3.05, 3.63) is 0 Å². The average Bonchev–Trinajstić information content (AvgIpc) is 2.15. The van der Waals surface area contributed by atoms with Crippen LogP contribution in [0.4, 0.5) is 0 Å². The number of hydrogen-bond acceptors (Lipinski definition) is 3. The van der Waals surface area contributed by atoms with Gasteiger partial charge in [0.25, 0.3) is 0 Å². The molecule has 0 aliphatic carbocycles. The Hall–Kier alpha value is -1.10. The summed E-state index contributed by atoms with van der Waals surface area (Å²) in [5.41, 5.74) is 0. The summed E-state index contributed by atoms with van der Waals surface area (Å²) < 4.78 is 0. The molecule has 5 heteroatoms. The molecule has 0 atom stereocenters. The quantitative estimate of drug-likeness (QED) is 0.584. The van der Waals surface area contributed by atoms with Crippen LogP contribution < -0.4 is 10.6 Å². The van der Waals surface area contributed by atoms with Gasteiger partial charge in [-0.05, 0) is 20.5 Å². The lowest BCUT2D eigenvalue weighted by Crippen LogP contribution is -2.38. The first-order valence-corrected chi connectivity index (χ1v) is 5.24. The van der Waals surface area contributed by atoms with E-state index in [4.69, 9.17) is 0 Å². The largest absolute Gasteiger partial charge is 0.339 e. The minimum absolute atomic E-state index is 0.0228. The molecule has 0 aliphatic rings. The Morgan fingerprint density at radius 2 is 1.60 bits per heavy atom. The molecule has 15 heavy (non-hydrogen) atoms. The van der Waals surface area contributed by atoms with Crippen LogP contribution in [-0.4, -0.2) is 44.0 Å². The van der Waals surface area contributed by atoms with E-state index in [1.165, 1.54) is 0 Å². The van der Waals surface area contributed by atoms with E-state index in [-0.39, 0.29) is 18.5 Å². The maximum atomic E-state index is 11.2. The van der Waals surface area contributed by atoms with Crippen molar-refractivity contribution in [1.82, 2.24) is 15.5 Å². The fourth-order valence-corrected chi connectivity index (χ4v) is 0.970. The highest BCUT2D eigenvalue weighted by Crippen LogP contribution is 1.85. The SMILES string of the molecule is CCCC(=O)NCNC(=O)CCN(C)C. The van der Waals surface area contributed by atoms with Gasteiger partial charge in [0.1, 0.15) is 0 Å². The van der Waals surface area contributed by atoms with Gasteiger partial charge in [-0.1, -0.05) is 6.92 Å². The van der Waals surface area contributed by atoms with Crippen LogP contribution >= 0.6 is 0 Å².